The molecule has 0 aliphatic rings. The summed E-state index contributed by atoms with van der Waals surface area (Å²) >= 11 is 0. The highest BCUT2D eigenvalue weighted by Crippen LogP contribution is 2.18. The molecule has 0 heterocycles. The summed E-state index contributed by atoms with van der Waals surface area (Å²) in [4.78, 5) is 12.2. The lowest BCUT2D eigenvalue weighted by atomic mass is 10.0. The number of hydrogen-bond donors (Lipinski definition) is 2. The minimum absolute atomic E-state index is 0.101. The van der Waals surface area contributed by atoms with Crippen LogP contribution in [-0.4, -0.2) is 20.5 Å². The Morgan fingerprint density at radius 3 is 2.19 bits per heavy atom. The summed E-state index contributed by atoms with van der Waals surface area (Å²) < 4.78 is 37.5. The third-order valence-electron chi connectivity index (χ3n) is 2.71. The summed E-state index contributed by atoms with van der Waals surface area (Å²) in [5, 5.41) is 0. The Labute approximate surface area is 121 Å². The van der Waals surface area contributed by atoms with E-state index in [4.69, 9.17) is 5.73 Å². The van der Waals surface area contributed by atoms with Gasteiger partial charge in [0.25, 0.3) is 0 Å². The third kappa shape index (κ3) is 3.79. The molecule has 0 aliphatic heterocycles. The second-order valence-corrected chi connectivity index (χ2v) is 6.27. The Hall–Kier alpha value is -2.41. The van der Waals surface area contributed by atoms with Crippen LogP contribution in [0.1, 0.15) is 15.9 Å². The molecule has 0 spiro atoms. The highest BCUT2D eigenvalue weighted by molar-refractivity contribution is 7.92. The summed E-state index contributed by atoms with van der Waals surface area (Å²) in [6.45, 7) is 0. The second-order valence-electron chi connectivity index (χ2n) is 4.52. The topological polar surface area (TPSA) is 89.3 Å². The fourth-order valence-corrected chi connectivity index (χ4v) is 2.32. The first-order valence-electron chi connectivity index (χ1n) is 5.94. The van der Waals surface area contributed by atoms with Crippen molar-refractivity contribution in [3.8, 4) is 0 Å². The van der Waals surface area contributed by atoms with Crippen molar-refractivity contribution in [1.29, 1.82) is 0 Å². The fraction of sp³-hybridized carbons (Fsp3) is 0.0714. The molecule has 0 aliphatic carbocycles. The molecular formula is C14H13FN2O3S. The van der Waals surface area contributed by atoms with Gasteiger partial charge in [-0.1, -0.05) is 0 Å². The quantitative estimate of drug-likeness (QED) is 0.668. The number of carbonyl (C=O) groups excluding carboxylic acids is 1. The Morgan fingerprint density at radius 1 is 1.10 bits per heavy atom. The second kappa shape index (κ2) is 5.53. The van der Waals surface area contributed by atoms with Crippen LogP contribution in [0.3, 0.4) is 0 Å². The van der Waals surface area contributed by atoms with E-state index >= 15 is 0 Å². The molecule has 3 N–H and O–H groups in total. The zero-order valence-corrected chi connectivity index (χ0v) is 11.9. The van der Waals surface area contributed by atoms with Crippen molar-refractivity contribution in [3.63, 3.8) is 0 Å². The molecule has 2 aromatic rings. The fourth-order valence-electron chi connectivity index (χ4n) is 1.76. The number of sulfonamides is 1. The van der Waals surface area contributed by atoms with Crippen LogP contribution in [0.15, 0.2) is 42.5 Å². The van der Waals surface area contributed by atoms with Crippen molar-refractivity contribution < 1.29 is 17.6 Å². The van der Waals surface area contributed by atoms with Crippen LogP contribution in [-0.2, 0) is 10.0 Å². The van der Waals surface area contributed by atoms with Crippen LogP contribution in [0.25, 0.3) is 0 Å². The minimum Gasteiger partial charge on any atom is -0.396 e. The molecule has 0 saturated heterocycles. The monoisotopic (exact) mass is 308 g/mol. The number of benzene rings is 2. The van der Waals surface area contributed by atoms with Crippen molar-refractivity contribution in [2.45, 2.75) is 0 Å². The van der Waals surface area contributed by atoms with Gasteiger partial charge in [-0.25, -0.2) is 12.8 Å². The van der Waals surface area contributed by atoms with Crippen molar-refractivity contribution in [2.24, 2.45) is 0 Å². The number of anilines is 2. The summed E-state index contributed by atoms with van der Waals surface area (Å²) in [5.41, 5.74) is 6.29. The Bertz CT molecular complexity index is 786. The number of ketones is 1. The van der Waals surface area contributed by atoms with Gasteiger partial charge in [0.05, 0.1) is 11.9 Å². The van der Waals surface area contributed by atoms with Crippen molar-refractivity contribution >= 4 is 27.2 Å². The van der Waals surface area contributed by atoms with Gasteiger partial charge in [-0.3, -0.25) is 9.52 Å². The molecule has 2 aromatic carbocycles. The lowest BCUT2D eigenvalue weighted by Gasteiger charge is -2.06. The highest BCUT2D eigenvalue weighted by Gasteiger charge is 2.11. The van der Waals surface area contributed by atoms with Crippen LogP contribution >= 0.6 is 0 Å². The van der Waals surface area contributed by atoms with E-state index in [0.29, 0.717) is 11.3 Å². The van der Waals surface area contributed by atoms with Crippen LogP contribution < -0.4 is 10.5 Å². The Morgan fingerprint density at radius 2 is 1.67 bits per heavy atom. The van der Waals surface area contributed by atoms with Gasteiger partial charge in [-0.2, -0.15) is 0 Å². The summed E-state index contributed by atoms with van der Waals surface area (Å²) in [5.74, 6) is -0.910. The third-order valence-corrected chi connectivity index (χ3v) is 3.32. The standard InChI is InChI=1S/C14H13FN2O3S/c1-21(19,20)17-11-5-2-9(3-6-11)14(18)10-4-7-12(15)13(16)8-10/h2-8,17H,16H2,1H3. The molecule has 0 saturated carbocycles. The number of halogens is 1. The largest absolute Gasteiger partial charge is 0.396 e. The number of nitrogen functional groups attached to an aromatic ring is 1. The first-order chi connectivity index (χ1) is 9.76. The predicted octanol–water partition coefficient (Wildman–Crippen LogP) is 2.01. The first kappa shape index (κ1) is 15.0. The smallest absolute Gasteiger partial charge is 0.229 e. The van der Waals surface area contributed by atoms with Gasteiger partial charge in [0.1, 0.15) is 5.82 Å². The van der Waals surface area contributed by atoms with E-state index in [9.17, 15) is 17.6 Å². The normalized spacial score (nSPS) is 11.1. The van der Waals surface area contributed by atoms with Crippen molar-refractivity contribution in [1.82, 2.24) is 0 Å². The summed E-state index contributed by atoms with van der Waals surface area (Å²) in [6, 6.07) is 9.65. The zero-order chi connectivity index (χ0) is 15.6. The number of rotatable bonds is 4. The van der Waals surface area contributed by atoms with Crippen molar-refractivity contribution in [3.05, 3.63) is 59.4 Å². The first-order valence-corrected chi connectivity index (χ1v) is 7.83. The molecule has 0 unspecified atom stereocenters. The zero-order valence-electron chi connectivity index (χ0n) is 11.1. The van der Waals surface area contributed by atoms with Gasteiger partial charge in [-0.05, 0) is 42.5 Å². The molecular weight excluding hydrogens is 295 g/mol. The van der Waals surface area contributed by atoms with E-state index in [0.717, 1.165) is 12.3 Å². The van der Waals surface area contributed by atoms with Crippen LogP contribution in [0, 0.1) is 5.82 Å². The van der Waals surface area contributed by atoms with Gasteiger partial charge in [0.2, 0.25) is 10.0 Å². The maximum absolute atomic E-state index is 13.1. The molecule has 2 rings (SSSR count). The van der Waals surface area contributed by atoms with E-state index in [1.54, 1.807) is 0 Å². The average Bonchev–Trinajstić information content (AvgIpc) is 2.40. The van der Waals surface area contributed by atoms with Gasteiger partial charge in [-0.15, -0.1) is 0 Å². The molecule has 0 aromatic heterocycles. The van der Waals surface area contributed by atoms with E-state index < -0.39 is 15.8 Å². The van der Waals surface area contributed by atoms with Crippen LogP contribution in [0.5, 0.6) is 0 Å². The Balaban J connectivity index is 2.25. The maximum atomic E-state index is 13.1. The molecule has 21 heavy (non-hydrogen) atoms. The van der Waals surface area contributed by atoms with E-state index in [-0.39, 0.29) is 17.0 Å². The molecule has 0 amide bonds. The molecule has 110 valence electrons. The Kier molecular flexibility index (Phi) is 3.95. The molecule has 5 nitrogen and oxygen atoms in total. The lowest BCUT2D eigenvalue weighted by Crippen LogP contribution is -2.10. The number of nitrogens with one attached hydrogen (secondary N) is 1. The molecule has 0 bridgehead atoms. The molecule has 7 heteroatoms. The minimum atomic E-state index is -3.37. The average molecular weight is 308 g/mol. The van der Waals surface area contributed by atoms with E-state index in [2.05, 4.69) is 4.72 Å². The van der Waals surface area contributed by atoms with E-state index in [1.807, 2.05) is 0 Å². The van der Waals surface area contributed by atoms with Gasteiger partial charge in [0.15, 0.2) is 5.78 Å². The van der Waals surface area contributed by atoms with Crippen LogP contribution in [0.4, 0.5) is 15.8 Å². The summed E-state index contributed by atoms with van der Waals surface area (Å²) in [6.07, 6.45) is 1.04. The van der Waals surface area contributed by atoms with Crippen LogP contribution in [0.2, 0.25) is 0 Å². The van der Waals surface area contributed by atoms with Gasteiger partial charge in [0, 0.05) is 16.8 Å². The van der Waals surface area contributed by atoms with E-state index in [1.165, 1.54) is 36.4 Å². The SMILES string of the molecule is CS(=O)(=O)Nc1ccc(C(=O)c2ccc(F)c(N)c2)cc1. The predicted molar refractivity (Wildman–Crippen MR) is 79.2 cm³/mol. The highest BCUT2D eigenvalue weighted by atomic mass is 32.2. The maximum Gasteiger partial charge on any atom is 0.229 e. The number of nitrogens with two attached hydrogens (primary N) is 1. The lowest BCUT2D eigenvalue weighted by molar-refractivity contribution is 0.103. The number of hydrogen-bond acceptors (Lipinski definition) is 4. The molecule has 0 radical (unpaired) electrons. The van der Waals surface area contributed by atoms with Gasteiger partial charge < -0.3 is 5.73 Å². The van der Waals surface area contributed by atoms with Gasteiger partial charge >= 0.3 is 0 Å². The van der Waals surface area contributed by atoms with Crippen molar-refractivity contribution in [2.75, 3.05) is 16.7 Å². The molecule has 0 fully saturated rings. The molecule has 0 atom stereocenters. The number of carbonyl (C=O) groups is 1. The summed E-state index contributed by atoms with van der Waals surface area (Å²) in [7, 11) is -3.37.